The lowest BCUT2D eigenvalue weighted by Gasteiger charge is -2.35. The van der Waals surface area contributed by atoms with Crippen molar-refractivity contribution in [3.63, 3.8) is 0 Å². The second-order valence-electron chi connectivity index (χ2n) is 8.36. The summed E-state index contributed by atoms with van der Waals surface area (Å²) >= 11 is 0. The number of hydrogen-bond acceptors (Lipinski definition) is 7. The van der Waals surface area contributed by atoms with Crippen molar-refractivity contribution >= 4 is 22.0 Å². The molecule has 0 aliphatic carbocycles. The zero-order valence-electron chi connectivity index (χ0n) is 19.4. The van der Waals surface area contributed by atoms with Crippen LogP contribution in [0.3, 0.4) is 0 Å². The van der Waals surface area contributed by atoms with Crippen LogP contribution < -0.4 is 14.8 Å². The fourth-order valence-corrected chi connectivity index (χ4v) is 5.58. The second kappa shape index (κ2) is 9.24. The molecule has 34 heavy (non-hydrogen) atoms. The highest BCUT2D eigenvalue weighted by Crippen LogP contribution is 2.30. The van der Waals surface area contributed by atoms with E-state index in [4.69, 9.17) is 9.47 Å². The van der Waals surface area contributed by atoms with Gasteiger partial charge in [0.1, 0.15) is 17.0 Å². The van der Waals surface area contributed by atoms with Gasteiger partial charge in [-0.3, -0.25) is 9.69 Å². The number of nitrogens with one attached hydrogen (secondary N) is 1. The number of urea groups is 1. The highest BCUT2D eigenvalue weighted by molar-refractivity contribution is 7.89. The van der Waals surface area contributed by atoms with E-state index in [2.05, 4.69) is 5.32 Å². The quantitative estimate of drug-likeness (QED) is 0.588. The minimum absolute atomic E-state index is 0.0901. The van der Waals surface area contributed by atoms with E-state index in [1.54, 1.807) is 50.4 Å². The van der Waals surface area contributed by atoms with E-state index in [1.165, 1.54) is 28.4 Å². The number of imide groups is 1. The monoisotopic (exact) mass is 488 g/mol. The maximum absolute atomic E-state index is 13.2. The number of ether oxygens (including phenoxy) is 2. The first-order valence-corrected chi connectivity index (χ1v) is 12.3. The van der Waals surface area contributed by atoms with Crippen LogP contribution in [0.15, 0.2) is 53.4 Å². The normalized spacial score (nSPS) is 22.0. The Kier molecular flexibility index (Phi) is 6.52. The van der Waals surface area contributed by atoms with Gasteiger partial charge in [-0.2, -0.15) is 4.31 Å². The summed E-state index contributed by atoms with van der Waals surface area (Å²) in [7, 11) is -0.559. The van der Waals surface area contributed by atoms with Gasteiger partial charge >= 0.3 is 6.03 Å². The van der Waals surface area contributed by atoms with E-state index in [0.717, 1.165) is 0 Å². The molecule has 10 nitrogen and oxygen atoms in total. The average molecular weight is 489 g/mol. The summed E-state index contributed by atoms with van der Waals surface area (Å²) in [6.45, 7) is 3.07. The van der Waals surface area contributed by atoms with Crippen molar-refractivity contribution in [1.82, 2.24) is 19.4 Å². The minimum atomic E-state index is -3.64. The summed E-state index contributed by atoms with van der Waals surface area (Å²) in [6.07, 6.45) is 0. The first-order chi connectivity index (χ1) is 16.2. The maximum Gasteiger partial charge on any atom is 0.326 e. The lowest BCUT2D eigenvalue weighted by atomic mass is 9.92. The van der Waals surface area contributed by atoms with Gasteiger partial charge in [-0.15, -0.1) is 0 Å². The number of methoxy groups -OCH3 is 2. The van der Waals surface area contributed by atoms with Crippen molar-refractivity contribution in [2.75, 3.05) is 47.1 Å². The van der Waals surface area contributed by atoms with Crippen molar-refractivity contribution < 1.29 is 27.5 Å². The SMILES string of the molecule is COc1ccc([C@]2(C)NC(=O)N(CN3CCN(S(=O)(=O)c4ccc(OC)cc4)CC3)C2=O)cc1. The van der Waals surface area contributed by atoms with Gasteiger partial charge in [0.2, 0.25) is 10.0 Å². The number of hydrogen-bond donors (Lipinski definition) is 1. The van der Waals surface area contributed by atoms with Crippen molar-refractivity contribution in [2.24, 2.45) is 0 Å². The molecule has 1 N–H and O–H groups in total. The molecule has 2 fully saturated rings. The lowest BCUT2D eigenvalue weighted by molar-refractivity contribution is -0.132. The van der Waals surface area contributed by atoms with Crippen LogP contribution >= 0.6 is 0 Å². The van der Waals surface area contributed by atoms with Gasteiger partial charge in [-0.05, 0) is 48.9 Å². The Morgan fingerprint density at radius 3 is 1.94 bits per heavy atom. The Labute approximate surface area is 199 Å². The number of amides is 3. The standard InChI is InChI=1S/C23H28N4O6S/c1-23(17-4-6-18(32-2)7-5-17)21(28)27(22(29)24-23)16-25-12-14-26(15-13-25)34(30,31)20-10-8-19(33-3)9-11-20/h4-11H,12-16H2,1-3H3,(H,24,29)/t23-/m0/s1. The van der Waals surface area contributed by atoms with Crippen LogP contribution in [0.2, 0.25) is 0 Å². The summed E-state index contributed by atoms with van der Waals surface area (Å²) in [6, 6.07) is 12.8. The van der Waals surface area contributed by atoms with Gasteiger partial charge in [-0.25, -0.2) is 18.1 Å². The molecule has 0 unspecified atom stereocenters. The number of piperazine rings is 1. The van der Waals surface area contributed by atoms with Gasteiger partial charge in [0.05, 0.1) is 25.8 Å². The van der Waals surface area contributed by atoms with Crippen LogP contribution in [-0.4, -0.2) is 81.5 Å². The molecular formula is C23H28N4O6S. The zero-order valence-corrected chi connectivity index (χ0v) is 20.2. The van der Waals surface area contributed by atoms with Crippen LogP contribution in [-0.2, 0) is 20.4 Å². The Morgan fingerprint density at radius 2 is 1.41 bits per heavy atom. The summed E-state index contributed by atoms with van der Waals surface area (Å²) in [5.74, 6) is 0.887. The molecule has 2 aliphatic heterocycles. The third-order valence-electron chi connectivity index (χ3n) is 6.31. The molecule has 0 radical (unpaired) electrons. The Balaban J connectivity index is 1.39. The van der Waals surface area contributed by atoms with Crippen LogP contribution in [0.25, 0.3) is 0 Å². The number of benzene rings is 2. The van der Waals surface area contributed by atoms with Crippen LogP contribution in [0, 0.1) is 0 Å². The van der Waals surface area contributed by atoms with Gasteiger partial charge < -0.3 is 14.8 Å². The predicted octanol–water partition coefficient (Wildman–Crippen LogP) is 1.43. The highest BCUT2D eigenvalue weighted by Gasteiger charge is 2.49. The first kappa shape index (κ1) is 24.0. The largest absolute Gasteiger partial charge is 0.497 e. The molecule has 0 bridgehead atoms. The number of carbonyl (C=O) groups is 2. The summed E-state index contributed by atoms with van der Waals surface area (Å²) in [5.41, 5.74) is -0.521. The smallest absolute Gasteiger partial charge is 0.326 e. The van der Waals surface area contributed by atoms with Crippen molar-refractivity contribution in [3.05, 3.63) is 54.1 Å². The van der Waals surface area contributed by atoms with Crippen molar-refractivity contribution in [1.29, 1.82) is 0 Å². The number of nitrogens with zero attached hydrogens (tertiary/aromatic N) is 3. The van der Waals surface area contributed by atoms with Crippen molar-refractivity contribution in [2.45, 2.75) is 17.4 Å². The predicted molar refractivity (Wildman–Crippen MR) is 124 cm³/mol. The second-order valence-corrected chi connectivity index (χ2v) is 10.3. The van der Waals surface area contributed by atoms with Crippen LogP contribution in [0.5, 0.6) is 11.5 Å². The van der Waals surface area contributed by atoms with Crippen molar-refractivity contribution in [3.8, 4) is 11.5 Å². The third kappa shape index (κ3) is 4.33. The Hall–Kier alpha value is -3.15. The maximum atomic E-state index is 13.2. The number of rotatable bonds is 7. The third-order valence-corrected chi connectivity index (χ3v) is 8.23. The van der Waals surface area contributed by atoms with Gasteiger partial charge in [0, 0.05) is 26.2 Å². The average Bonchev–Trinajstić information content (AvgIpc) is 3.08. The molecule has 182 valence electrons. The number of carbonyl (C=O) groups excluding carboxylic acids is 2. The lowest BCUT2D eigenvalue weighted by Crippen LogP contribution is -2.52. The van der Waals surface area contributed by atoms with E-state index in [9.17, 15) is 18.0 Å². The highest BCUT2D eigenvalue weighted by atomic mass is 32.2. The summed E-state index contributed by atoms with van der Waals surface area (Å²) in [5, 5.41) is 2.79. The van der Waals surface area contributed by atoms with Gasteiger partial charge in [0.15, 0.2) is 0 Å². The minimum Gasteiger partial charge on any atom is -0.497 e. The topological polar surface area (TPSA) is 108 Å². The molecule has 2 saturated heterocycles. The van der Waals surface area contributed by atoms with Crippen LogP contribution in [0.4, 0.5) is 4.79 Å². The van der Waals surface area contributed by atoms with E-state index < -0.39 is 21.6 Å². The molecule has 3 amide bonds. The molecule has 2 heterocycles. The summed E-state index contributed by atoms with van der Waals surface area (Å²) in [4.78, 5) is 29.1. The molecule has 0 aromatic heterocycles. The molecule has 2 aromatic rings. The molecular weight excluding hydrogens is 460 g/mol. The van der Waals surface area contributed by atoms with Gasteiger partial charge in [-0.1, -0.05) is 12.1 Å². The van der Waals surface area contributed by atoms with E-state index in [-0.39, 0.29) is 30.6 Å². The molecule has 0 spiro atoms. The van der Waals surface area contributed by atoms with E-state index >= 15 is 0 Å². The Bertz CT molecular complexity index is 1160. The zero-order chi connectivity index (χ0) is 24.5. The molecule has 1 atom stereocenters. The molecule has 2 aromatic carbocycles. The van der Waals surface area contributed by atoms with Gasteiger partial charge in [0.25, 0.3) is 5.91 Å². The first-order valence-electron chi connectivity index (χ1n) is 10.8. The van der Waals surface area contributed by atoms with E-state index in [0.29, 0.717) is 30.2 Å². The fourth-order valence-electron chi connectivity index (χ4n) is 4.15. The molecule has 11 heteroatoms. The number of sulfonamides is 1. The Morgan fingerprint density at radius 1 is 0.882 bits per heavy atom. The molecule has 4 rings (SSSR count). The van der Waals surface area contributed by atoms with Crippen LogP contribution in [0.1, 0.15) is 12.5 Å². The molecule has 0 saturated carbocycles. The molecule has 2 aliphatic rings. The van der Waals surface area contributed by atoms with E-state index in [1.807, 2.05) is 4.90 Å². The summed E-state index contributed by atoms with van der Waals surface area (Å²) < 4.78 is 37.6. The fraction of sp³-hybridized carbons (Fsp3) is 0.391.